The van der Waals surface area contributed by atoms with Crippen molar-refractivity contribution in [3.8, 4) is 5.75 Å². The number of hydrogen-bond donors (Lipinski definition) is 2. The number of aliphatic hydroxyl groups excluding tert-OH is 1. The van der Waals surface area contributed by atoms with E-state index in [1.807, 2.05) is 0 Å². The van der Waals surface area contributed by atoms with Gasteiger partial charge in [0.25, 0.3) is 0 Å². The number of carbonyl (C=O) groups is 1. The van der Waals surface area contributed by atoms with Crippen molar-refractivity contribution in [2.75, 3.05) is 13.2 Å². The lowest BCUT2D eigenvalue weighted by atomic mass is 10.2. The third-order valence-electron chi connectivity index (χ3n) is 3.03. The Kier molecular flexibility index (Phi) is 3.94. The number of aromatic nitrogens is 1. The van der Waals surface area contributed by atoms with E-state index in [1.54, 1.807) is 17.2 Å². The van der Waals surface area contributed by atoms with Crippen molar-refractivity contribution >= 4 is 12.0 Å². The van der Waals surface area contributed by atoms with Crippen LogP contribution in [0, 0.1) is 0 Å². The maximum absolute atomic E-state index is 11.9. The number of amides is 1. The van der Waals surface area contributed by atoms with Crippen LogP contribution in [0.5, 0.6) is 5.75 Å². The molecule has 0 spiro atoms. The molecule has 0 aliphatic carbocycles. The van der Waals surface area contributed by atoms with Crippen molar-refractivity contribution in [1.29, 1.82) is 0 Å². The summed E-state index contributed by atoms with van der Waals surface area (Å²) in [5.74, 6) is -0.0473. The fraction of sp³-hybridized carbons (Fsp3) is 0.385. The lowest BCUT2D eigenvalue weighted by molar-refractivity contribution is -0.127. The second-order valence-electron chi connectivity index (χ2n) is 4.32. The molecule has 1 aromatic heterocycles. The van der Waals surface area contributed by atoms with Crippen molar-refractivity contribution in [3.05, 3.63) is 30.1 Å². The van der Waals surface area contributed by atoms with Crippen LogP contribution in [0.2, 0.25) is 0 Å². The smallest absolute Gasteiger partial charge is 0.246 e. The van der Waals surface area contributed by atoms with Crippen molar-refractivity contribution in [2.45, 2.75) is 18.9 Å². The van der Waals surface area contributed by atoms with Crippen molar-refractivity contribution in [1.82, 2.24) is 9.88 Å². The van der Waals surface area contributed by atoms with E-state index in [4.69, 9.17) is 5.11 Å². The van der Waals surface area contributed by atoms with Gasteiger partial charge in [0.05, 0.1) is 18.8 Å². The standard InChI is InChI=1S/C13H16N2O3/c16-9-11-2-1-5-15(11)13(18)4-3-10-6-12(17)8-14-7-10/h3-4,6-8,11,16-17H,1-2,5,9H2/b4-3+/t11-/m1/s1. The molecular formula is C13H16N2O3. The largest absolute Gasteiger partial charge is 0.506 e. The molecule has 0 saturated carbocycles. The number of carbonyl (C=O) groups excluding carboxylic acids is 1. The van der Waals surface area contributed by atoms with E-state index in [0.29, 0.717) is 12.1 Å². The Labute approximate surface area is 105 Å². The van der Waals surface area contributed by atoms with Gasteiger partial charge in [0.15, 0.2) is 0 Å². The SMILES string of the molecule is O=C(/C=C/c1cncc(O)c1)N1CCC[C@@H]1CO. The third-order valence-corrected chi connectivity index (χ3v) is 3.03. The van der Waals surface area contributed by atoms with Gasteiger partial charge in [-0.1, -0.05) is 0 Å². The molecule has 0 unspecified atom stereocenters. The summed E-state index contributed by atoms with van der Waals surface area (Å²) in [6.07, 6.45) is 7.74. The average Bonchev–Trinajstić information content (AvgIpc) is 2.84. The Morgan fingerprint density at radius 3 is 3.11 bits per heavy atom. The molecular weight excluding hydrogens is 232 g/mol. The highest BCUT2D eigenvalue weighted by Gasteiger charge is 2.26. The van der Waals surface area contributed by atoms with Crippen LogP contribution in [0.4, 0.5) is 0 Å². The molecule has 2 heterocycles. The summed E-state index contributed by atoms with van der Waals surface area (Å²) in [6, 6.07) is 1.47. The molecule has 1 amide bonds. The molecule has 5 nitrogen and oxygen atoms in total. The van der Waals surface area contributed by atoms with Crippen LogP contribution < -0.4 is 0 Å². The highest BCUT2D eigenvalue weighted by atomic mass is 16.3. The van der Waals surface area contributed by atoms with Gasteiger partial charge in [-0.2, -0.15) is 0 Å². The number of hydrogen-bond acceptors (Lipinski definition) is 4. The summed E-state index contributed by atoms with van der Waals surface area (Å²) >= 11 is 0. The molecule has 2 rings (SSSR count). The van der Waals surface area contributed by atoms with Crippen molar-refractivity contribution in [3.63, 3.8) is 0 Å². The van der Waals surface area contributed by atoms with Gasteiger partial charge in [-0.05, 0) is 30.5 Å². The molecule has 1 atom stereocenters. The van der Waals surface area contributed by atoms with Gasteiger partial charge in [-0.15, -0.1) is 0 Å². The zero-order valence-electron chi connectivity index (χ0n) is 9.99. The van der Waals surface area contributed by atoms with E-state index < -0.39 is 0 Å². The van der Waals surface area contributed by atoms with Gasteiger partial charge in [0.1, 0.15) is 5.75 Å². The fourth-order valence-corrected chi connectivity index (χ4v) is 2.12. The summed E-state index contributed by atoms with van der Waals surface area (Å²) in [5.41, 5.74) is 0.670. The molecule has 5 heteroatoms. The van der Waals surface area contributed by atoms with Crippen LogP contribution in [0.25, 0.3) is 6.08 Å². The van der Waals surface area contributed by atoms with Gasteiger partial charge in [-0.3, -0.25) is 9.78 Å². The molecule has 1 aliphatic rings. The first-order valence-electron chi connectivity index (χ1n) is 5.94. The molecule has 2 N–H and O–H groups in total. The summed E-state index contributed by atoms with van der Waals surface area (Å²) in [6.45, 7) is 0.694. The molecule has 0 radical (unpaired) electrons. The monoisotopic (exact) mass is 248 g/mol. The molecule has 96 valence electrons. The molecule has 1 saturated heterocycles. The maximum Gasteiger partial charge on any atom is 0.246 e. The van der Waals surface area contributed by atoms with Crippen LogP contribution in [0.1, 0.15) is 18.4 Å². The average molecular weight is 248 g/mol. The van der Waals surface area contributed by atoms with Crippen molar-refractivity contribution < 1.29 is 15.0 Å². The second kappa shape index (κ2) is 5.64. The van der Waals surface area contributed by atoms with Gasteiger partial charge >= 0.3 is 0 Å². The van der Waals surface area contributed by atoms with E-state index in [2.05, 4.69) is 4.98 Å². The molecule has 0 bridgehead atoms. The van der Waals surface area contributed by atoms with Gasteiger partial charge in [0, 0.05) is 18.8 Å². The predicted octanol–water partition coefficient (Wildman–Crippen LogP) is 0.784. The number of likely N-dealkylation sites (tertiary alicyclic amines) is 1. The lowest BCUT2D eigenvalue weighted by Gasteiger charge is -2.21. The lowest BCUT2D eigenvalue weighted by Crippen LogP contribution is -2.36. The first-order valence-corrected chi connectivity index (χ1v) is 5.94. The van der Waals surface area contributed by atoms with Crippen LogP contribution >= 0.6 is 0 Å². The Morgan fingerprint density at radius 1 is 1.56 bits per heavy atom. The zero-order chi connectivity index (χ0) is 13.0. The Hall–Kier alpha value is -1.88. The minimum atomic E-state index is -0.116. The number of pyridine rings is 1. The molecule has 1 aromatic rings. The maximum atomic E-state index is 11.9. The Balaban J connectivity index is 2.02. The fourth-order valence-electron chi connectivity index (χ4n) is 2.12. The normalized spacial score (nSPS) is 19.6. The van der Waals surface area contributed by atoms with Crippen LogP contribution in [0.15, 0.2) is 24.5 Å². The molecule has 1 fully saturated rings. The summed E-state index contributed by atoms with van der Waals surface area (Å²) in [4.78, 5) is 17.4. The predicted molar refractivity (Wildman–Crippen MR) is 66.8 cm³/mol. The Morgan fingerprint density at radius 2 is 2.39 bits per heavy atom. The summed E-state index contributed by atoms with van der Waals surface area (Å²) in [7, 11) is 0. The van der Waals surface area contributed by atoms with Gasteiger partial charge < -0.3 is 15.1 Å². The van der Waals surface area contributed by atoms with Crippen molar-refractivity contribution in [2.24, 2.45) is 0 Å². The van der Waals surface area contributed by atoms with Gasteiger partial charge in [-0.25, -0.2) is 0 Å². The van der Waals surface area contributed by atoms with E-state index in [-0.39, 0.29) is 24.3 Å². The minimum Gasteiger partial charge on any atom is -0.506 e. The topological polar surface area (TPSA) is 73.7 Å². The second-order valence-corrected chi connectivity index (χ2v) is 4.32. The van der Waals surface area contributed by atoms with Crippen LogP contribution in [0.3, 0.4) is 0 Å². The number of rotatable bonds is 3. The summed E-state index contributed by atoms with van der Waals surface area (Å²) < 4.78 is 0. The van der Waals surface area contributed by atoms with E-state index in [0.717, 1.165) is 12.8 Å². The van der Waals surface area contributed by atoms with Crippen LogP contribution in [-0.2, 0) is 4.79 Å². The Bertz CT molecular complexity index is 459. The minimum absolute atomic E-state index is 0.00720. The highest BCUT2D eigenvalue weighted by Crippen LogP contribution is 2.17. The highest BCUT2D eigenvalue weighted by molar-refractivity contribution is 5.92. The zero-order valence-corrected chi connectivity index (χ0v) is 9.99. The van der Waals surface area contributed by atoms with Crippen LogP contribution in [-0.4, -0.2) is 45.2 Å². The molecule has 1 aliphatic heterocycles. The van der Waals surface area contributed by atoms with E-state index in [1.165, 1.54) is 18.3 Å². The number of aromatic hydroxyl groups is 1. The summed E-state index contributed by atoms with van der Waals surface area (Å²) in [5, 5.41) is 18.4. The van der Waals surface area contributed by atoms with E-state index in [9.17, 15) is 9.90 Å². The number of aliphatic hydroxyl groups is 1. The van der Waals surface area contributed by atoms with Gasteiger partial charge in [0.2, 0.25) is 5.91 Å². The molecule has 0 aromatic carbocycles. The number of nitrogens with zero attached hydrogens (tertiary/aromatic N) is 2. The first-order chi connectivity index (χ1) is 8.70. The third kappa shape index (κ3) is 2.87. The molecule has 18 heavy (non-hydrogen) atoms. The first kappa shape index (κ1) is 12.6. The quantitative estimate of drug-likeness (QED) is 0.775. The van der Waals surface area contributed by atoms with E-state index >= 15 is 0 Å².